The molecular weight excluding hydrogens is 440 g/mol. The van der Waals surface area contributed by atoms with Crippen LogP contribution in [0.2, 0.25) is 25.7 Å². The van der Waals surface area contributed by atoms with Crippen LogP contribution in [0.1, 0.15) is 42.7 Å². The first kappa shape index (κ1) is 25.4. The van der Waals surface area contributed by atoms with Gasteiger partial charge in [0, 0.05) is 27.5 Å². The number of benzene rings is 1. The number of rotatable bonds is 11. The molecule has 0 spiro atoms. The van der Waals surface area contributed by atoms with Gasteiger partial charge in [-0.3, -0.25) is 14.4 Å². The normalized spacial score (nSPS) is 23.7. The van der Waals surface area contributed by atoms with E-state index in [0.29, 0.717) is 32.0 Å². The second-order valence-electron chi connectivity index (χ2n) is 10.1. The van der Waals surface area contributed by atoms with Gasteiger partial charge in [0.05, 0.1) is 37.6 Å². The Morgan fingerprint density at radius 1 is 0.970 bits per heavy atom. The van der Waals surface area contributed by atoms with E-state index in [0.717, 1.165) is 17.2 Å². The molecule has 33 heavy (non-hydrogen) atoms. The molecule has 8 heteroatoms. The SMILES string of the molecule is CCCOC(=O)[C@H]1[C@H](C(=O)OCC[Si](C)(C)C)C2CC(=O)[C@H]1c1cc(OCCOC)ccc12. The summed E-state index contributed by atoms with van der Waals surface area (Å²) >= 11 is 0. The third-order valence-electron chi connectivity index (χ3n) is 6.39. The van der Waals surface area contributed by atoms with Crippen LogP contribution >= 0.6 is 0 Å². The number of hydrogen-bond donors (Lipinski definition) is 0. The number of ether oxygens (including phenoxy) is 4. The highest BCUT2D eigenvalue weighted by Crippen LogP contribution is 2.55. The molecule has 3 aliphatic carbocycles. The average Bonchev–Trinajstić information content (AvgIpc) is 2.76. The maximum atomic E-state index is 13.3. The third kappa shape index (κ3) is 5.84. The number of Topliss-reactive ketones (excluding diaryl/α,β-unsaturated/α-hetero) is 1. The van der Waals surface area contributed by atoms with Crippen LogP contribution in [-0.4, -0.2) is 59.3 Å². The van der Waals surface area contributed by atoms with E-state index in [4.69, 9.17) is 18.9 Å². The highest BCUT2D eigenvalue weighted by atomic mass is 28.3. The molecule has 4 rings (SSSR count). The molecule has 3 aliphatic rings. The van der Waals surface area contributed by atoms with Gasteiger partial charge in [-0.25, -0.2) is 0 Å². The van der Waals surface area contributed by atoms with E-state index in [1.807, 2.05) is 25.1 Å². The quantitative estimate of drug-likeness (QED) is 0.272. The Labute approximate surface area is 197 Å². The van der Waals surface area contributed by atoms with Gasteiger partial charge >= 0.3 is 11.9 Å². The first-order valence-corrected chi connectivity index (χ1v) is 15.5. The molecule has 0 saturated heterocycles. The first-order valence-electron chi connectivity index (χ1n) is 11.8. The Hall–Kier alpha value is -2.19. The number of hydrogen-bond acceptors (Lipinski definition) is 7. The number of ketones is 1. The maximum absolute atomic E-state index is 13.3. The van der Waals surface area contributed by atoms with Crippen LogP contribution in [0.15, 0.2) is 18.2 Å². The highest BCUT2D eigenvalue weighted by molar-refractivity contribution is 6.76. The molecule has 0 aromatic heterocycles. The summed E-state index contributed by atoms with van der Waals surface area (Å²) in [6.07, 6.45) is 0.896. The van der Waals surface area contributed by atoms with Gasteiger partial charge in [0.25, 0.3) is 0 Å². The average molecular weight is 477 g/mol. The smallest absolute Gasteiger partial charge is 0.310 e. The van der Waals surface area contributed by atoms with Gasteiger partial charge < -0.3 is 18.9 Å². The minimum atomic E-state index is -1.38. The van der Waals surface area contributed by atoms with Crippen molar-refractivity contribution in [3.05, 3.63) is 29.3 Å². The second kappa shape index (κ2) is 10.8. The topological polar surface area (TPSA) is 88.1 Å². The Kier molecular flexibility index (Phi) is 8.34. The lowest BCUT2D eigenvalue weighted by Crippen LogP contribution is -2.50. The van der Waals surface area contributed by atoms with Crippen molar-refractivity contribution in [2.24, 2.45) is 11.8 Å². The van der Waals surface area contributed by atoms with Crippen LogP contribution in [-0.2, 0) is 28.6 Å². The van der Waals surface area contributed by atoms with Crippen LogP contribution < -0.4 is 4.74 Å². The van der Waals surface area contributed by atoms with Gasteiger partial charge in [-0.05, 0) is 35.7 Å². The second-order valence-corrected chi connectivity index (χ2v) is 15.7. The van der Waals surface area contributed by atoms with E-state index in [2.05, 4.69) is 19.6 Å². The van der Waals surface area contributed by atoms with Crippen LogP contribution in [0.3, 0.4) is 0 Å². The molecule has 1 saturated carbocycles. The number of esters is 2. The Morgan fingerprint density at radius 2 is 1.67 bits per heavy atom. The summed E-state index contributed by atoms with van der Waals surface area (Å²) in [7, 11) is 0.219. The van der Waals surface area contributed by atoms with E-state index >= 15 is 0 Å². The maximum Gasteiger partial charge on any atom is 0.310 e. The molecule has 2 bridgehead atoms. The summed E-state index contributed by atoms with van der Waals surface area (Å²) in [5, 5.41) is 0. The monoisotopic (exact) mass is 476 g/mol. The predicted octanol–water partition coefficient (Wildman–Crippen LogP) is 3.93. The van der Waals surface area contributed by atoms with Crippen molar-refractivity contribution < 1.29 is 33.3 Å². The molecule has 0 aliphatic heterocycles. The van der Waals surface area contributed by atoms with E-state index in [1.54, 1.807) is 7.11 Å². The van der Waals surface area contributed by atoms with Gasteiger partial charge in [-0.2, -0.15) is 0 Å². The summed E-state index contributed by atoms with van der Waals surface area (Å²) in [4.78, 5) is 39.5. The Balaban J connectivity index is 1.92. The Morgan fingerprint density at radius 3 is 2.33 bits per heavy atom. The van der Waals surface area contributed by atoms with E-state index in [-0.39, 0.29) is 18.8 Å². The zero-order valence-corrected chi connectivity index (χ0v) is 21.3. The zero-order chi connectivity index (χ0) is 24.2. The fourth-order valence-electron chi connectivity index (χ4n) is 4.74. The molecule has 1 aromatic rings. The largest absolute Gasteiger partial charge is 0.491 e. The lowest BCUT2D eigenvalue weighted by molar-refractivity contribution is -0.167. The Bertz CT molecular complexity index is 876. The fourth-order valence-corrected chi connectivity index (χ4v) is 5.45. The molecule has 0 heterocycles. The van der Waals surface area contributed by atoms with Crippen molar-refractivity contribution in [3.63, 3.8) is 0 Å². The molecule has 7 nitrogen and oxygen atoms in total. The van der Waals surface area contributed by atoms with Crippen molar-refractivity contribution in [2.75, 3.05) is 33.5 Å². The summed E-state index contributed by atoms with van der Waals surface area (Å²) in [5.41, 5.74) is 1.68. The molecule has 0 radical (unpaired) electrons. The number of carbonyl (C=O) groups excluding carboxylic acids is 3. The van der Waals surface area contributed by atoms with Crippen LogP contribution in [0, 0.1) is 11.8 Å². The van der Waals surface area contributed by atoms with Crippen molar-refractivity contribution >= 4 is 25.8 Å². The first-order chi connectivity index (χ1) is 15.7. The van der Waals surface area contributed by atoms with Crippen LogP contribution in [0.25, 0.3) is 0 Å². The number of fused-ring (bicyclic) bond motifs is 2. The lowest BCUT2D eigenvalue weighted by Gasteiger charge is -2.46. The minimum Gasteiger partial charge on any atom is -0.491 e. The summed E-state index contributed by atoms with van der Waals surface area (Å²) in [6.45, 7) is 9.98. The standard InChI is InChI=1S/C25H36O7Si/c1-6-9-31-25(28)23-21-18-14-16(30-11-10-29-2)7-8-17(18)19(15-20(21)26)22(23)24(27)32-12-13-33(3,4)5/h7-8,14,19,21-23H,6,9-13,15H2,1-5H3/t19?,21-,22-,23-/m1/s1. The molecule has 0 amide bonds. The van der Waals surface area contributed by atoms with Crippen molar-refractivity contribution in [2.45, 2.75) is 57.3 Å². The molecular formula is C25H36O7Si. The van der Waals surface area contributed by atoms with Crippen LogP contribution in [0.4, 0.5) is 0 Å². The van der Waals surface area contributed by atoms with E-state index in [9.17, 15) is 14.4 Å². The highest BCUT2D eigenvalue weighted by Gasteiger charge is 2.57. The van der Waals surface area contributed by atoms with Crippen molar-refractivity contribution in [1.29, 1.82) is 0 Å². The number of methoxy groups -OCH3 is 1. The van der Waals surface area contributed by atoms with Gasteiger partial charge in [0.2, 0.25) is 0 Å². The van der Waals surface area contributed by atoms with Crippen molar-refractivity contribution in [1.82, 2.24) is 0 Å². The molecule has 1 aromatic carbocycles. The van der Waals surface area contributed by atoms with Crippen molar-refractivity contribution in [3.8, 4) is 5.75 Å². The molecule has 1 unspecified atom stereocenters. The number of carbonyl (C=O) groups is 3. The van der Waals surface area contributed by atoms with Gasteiger partial charge in [0.1, 0.15) is 18.1 Å². The predicted molar refractivity (Wildman–Crippen MR) is 126 cm³/mol. The third-order valence-corrected chi connectivity index (χ3v) is 8.09. The van der Waals surface area contributed by atoms with Crippen LogP contribution in [0.5, 0.6) is 5.75 Å². The molecule has 0 N–H and O–H groups in total. The van der Waals surface area contributed by atoms with E-state index < -0.39 is 43.7 Å². The fraction of sp³-hybridized carbons (Fsp3) is 0.640. The summed E-state index contributed by atoms with van der Waals surface area (Å²) < 4.78 is 21.9. The van der Waals surface area contributed by atoms with E-state index in [1.165, 1.54) is 0 Å². The van der Waals surface area contributed by atoms with Gasteiger partial charge in [-0.15, -0.1) is 0 Å². The molecule has 182 valence electrons. The molecule has 1 fully saturated rings. The summed E-state index contributed by atoms with van der Waals surface area (Å²) in [5.74, 6) is -3.04. The molecule has 4 atom stereocenters. The minimum absolute atomic E-state index is 0.0360. The van der Waals surface area contributed by atoms with Gasteiger partial charge in [-0.1, -0.05) is 32.6 Å². The zero-order valence-electron chi connectivity index (χ0n) is 20.3. The lowest BCUT2D eigenvalue weighted by atomic mass is 9.55. The summed E-state index contributed by atoms with van der Waals surface area (Å²) in [6, 6.07) is 6.43. The van der Waals surface area contributed by atoms with Gasteiger partial charge in [0.15, 0.2) is 0 Å².